The molecule has 13 nitrogen and oxygen atoms in total. The molecule has 14 heteroatoms. The van der Waals surface area contributed by atoms with Crippen LogP contribution in [0.1, 0.15) is 36.6 Å². The first-order valence-corrected chi connectivity index (χ1v) is 18.9. The monoisotopic (exact) mass is 723 g/mol. The number of aromatic nitrogens is 4. The lowest BCUT2D eigenvalue weighted by molar-refractivity contribution is -0.141. The van der Waals surface area contributed by atoms with Gasteiger partial charge in [-0.3, -0.25) is 14.8 Å². The third-order valence-electron chi connectivity index (χ3n) is 9.80. The minimum absolute atomic E-state index is 0.135. The second-order valence-electron chi connectivity index (χ2n) is 13.3. The number of amides is 1. The normalized spacial score (nSPS) is 16.5. The molecule has 3 aromatic heterocycles. The highest BCUT2D eigenvalue weighted by Crippen LogP contribution is 2.37. The Morgan fingerprint density at radius 3 is 2.54 bits per heavy atom. The number of aliphatic hydroxyl groups excluding tert-OH is 1. The van der Waals surface area contributed by atoms with Gasteiger partial charge in [-0.1, -0.05) is 23.8 Å². The Morgan fingerprint density at radius 1 is 1.08 bits per heavy atom. The highest BCUT2D eigenvalue weighted by molar-refractivity contribution is 7.90. The smallest absolute Gasteiger partial charge is 0.269 e. The maximum atomic E-state index is 14.1. The summed E-state index contributed by atoms with van der Waals surface area (Å²) in [5, 5.41) is 28.0. The molecule has 0 spiro atoms. The zero-order valence-corrected chi connectivity index (χ0v) is 30.0. The SMILES string of the molecule is Cc1ccc(S(=O)(=O)n2cc(-c3ccc(OC4CCN(C(=O)[C@H](C)O)CC4)c(C#N)c3)c3cc(-c4c[nH]nc4CCN4CCOCC4)cnc32)cc1. The molecule has 2 aromatic carbocycles. The van der Waals surface area contributed by atoms with E-state index in [0.717, 1.165) is 48.4 Å². The number of benzene rings is 2. The van der Waals surface area contributed by atoms with Crippen molar-refractivity contribution in [3.05, 3.63) is 83.9 Å². The maximum absolute atomic E-state index is 14.1. The fourth-order valence-electron chi connectivity index (χ4n) is 6.84. The Kier molecular flexibility index (Phi) is 10.1. The number of nitrogens with zero attached hydrogens (tertiary/aromatic N) is 6. The van der Waals surface area contributed by atoms with Crippen molar-refractivity contribution >= 4 is 27.0 Å². The van der Waals surface area contributed by atoms with Crippen LogP contribution in [0.4, 0.5) is 0 Å². The lowest BCUT2D eigenvalue weighted by Crippen LogP contribution is -2.45. The summed E-state index contributed by atoms with van der Waals surface area (Å²) in [6.07, 6.45) is 5.65. The average Bonchev–Trinajstić information content (AvgIpc) is 3.80. The number of carbonyl (C=O) groups excluding carboxylic acids is 1. The average molecular weight is 724 g/mol. The molecule has 7 rings (SSSR count). The van der Waals surface area contributed by atoms with Crippen LogP contribution in [0.2, 0.25) is 0 Å². The number of piperidine rings is 1. The number of morpholine rings is 1. The van der Waals surface area contributed by atoms with Gasteiger partial charge in [0, 0.05) is 92.7 Å². The van der Waals surface area contributed by atoms with Crippen molar-refractivity contribution in [1.29, 1.82) is 5.26 Å². The largest absolute Gasteiger partial charge is 0.489 e. The summed E-state index contributed by atoms with van der Waals surface area (Å²) in [6, 6.07) is 16.1. The number of nitrogens with one attached hydrogen (secondary N) is 1. The predicted octanol–water partition coefficient (Wildman–Crippen LogP) is 4.14. The number of ether oxygens (including phenoxy) is 2. The molecule has 2 fully saturated rings. The standard InChI is InChI=1S/C38H41N7O6S/c1-25-3-6-31(7-4-25)52(48,49)45-24-34(27-5-8-36(28(19-27)21-39)51-30-9-13-44(14-10-30)38(47)26(2)46)32-20-29(22-40-37(32)45)33-23-41-42-35(33)11-12-43-15-17-50-18-16-43/h3-8,19-20,22-24,26,30,46H,9-18H2,1-2H3,(H,41,42)/t26-/m0/s1. The molecule has 52 heavy (non-hydrogen) atoms. The molecule has 0 unspecified atom stereocenters. The predicted molar refractivity (Wildman–Crippen MR) is 194 cm³/mol. The van der Waals surface area contributed by atoms with Crippen LogP contribution in [0.5, 0.6) is 5.75 Å². The molecule has 0 aliphatic carbocycles. The Balaban J connectivity index is 1.24. The van der Waals surface area contributed by atoms with E-state index in [0.29, 0.717) is 67.0 Å². The van der Waals surface area contributed by atoms with E-state index in [1.54, 1.807) is 53.7 Å². The minimum atomic E-state index is -4.04. The molecule has 5 aromatic rings. The number of nitriles is 1. The summed E-state index contributed by atoms with van der Waals surface area (Å²) >= 11 is 0. The van der Waals surface area contributed by atoms with Gasteiger partial charge in [-0.15, -0.1) is 0 Å². The van der Waals surface area contributed by atoms with E-state index in [4.69, 9.17) is 14.5 Å². The molecular weight excluding hydrogens is 683 g/mol. The fourth-order valence-corrected chi connectivity index (χ4v) is 8.16. The van der Waals surface area contributed by atoms with Crippen molar-refractivity contribution in [3.8, 4) is 34.1 Å². The van der Waals surface area contributed by atoms with E-state index in [2.05, 4.69) is 21.2 Å². The van der Waals surface area contributed by atoms with E-state index >= 15 is 0 Å². The molecule has 1 atom stereocenters. The van der Waals surface area contributed by atoms with E-state index in [-0.39, 0.29) is 22.6 Å². The van der Waals surface area contributed by atoms with Crippen molar-refractivity contribution in [2.45, 2.75) is 50.2 Å². The molecule has 5 heterocycles. The second kappa shape index (κ2) is 14.9. The van der Waals surface area contributed by atoms with Gasteiger partial charge in [0.15, 0.2) is 5.65 Å². The number of fused-ring (bicyclic) bond motifs is 1. The van der Waals surface area contributed by atoms with Crippen molar-refractivity contribution in [3.63, 3.8) is 0 Å². The molecule has 0 radical (unpaired) electrons. The number of hydrogen-bond donors (Lipinski definition) is 2. The second-order valence-corrected chi connectivity index (χ2v) is 15.2. The van der Waals surface area contributed by atoms with Crippen molar-refractivity contribution in [1.82, 2.24) is 29.0 Å². The van der Waals surface area contributed by atoms with Crippen molar-refractivity contribution in [2.75, 3.05) is 45.9 Å². The van der Waals surface area contributed by atoms with E-state index in [9.17, 15) is 23.6 Å². The van der Waals surface area contributed by atoms with Crippen LogP contribution in [0.3, 0.4) is 0 Å². The highest BCUT2D eigenvalue weighted by atomic mass is 32.2. The number of carbonyl (C=O) groups is 1. The molecule has 2 aliphatic rings. The van der Waals surface area contributed by atoms with Gasteiger partial charge in [0.1, 0.15) is 24.0 Å². The van der Waals surface area contributed by atoms with Gasteiger partial charge in [0.2, 0.25) is 0 Å². The first-order valence-electron chi connectivity index (χ1n) is 17.5. The quantitative estimate of drug-likeness (QED) is 0.214. The first kappa shape index (κ1) is 35.3. The van der Waals surface area contributed by atoms with Gasteiger partial charge in [-0.2, -0.15) is 10.4 Å². The van der Waals surface area contributed by atoms with Crippen molar-refractivity contribution < 1.29 is 27.8 Å². The number of aliphatic hydroxyl groups is 1. The lowest BCUT2D eigenvalue weighted by Gasteiger charge is -2.33. The minimum Gasteiger partial charge on any atom is -0.489 e. The Bertz CT molecular complexity index is 2230. The number of aryl methyl sites for hydroxylation is 1. The Morgan fingerprint density at radius 2 is 1.83 bits per heavy atom. The van der Waals surface area contributed by atoms with Gasteiger partial charge in [-0.05, 0) is 49.7 Å². The number of H-pyrrole nitrogens is 1. The summed E-state index contributed by atoms with van der Waals surface area (Å²) < 4.78 is 41.1. The summed E-state index contributed by atoms with van der Waals surface area (Å²) in [6.45, 7) is 8.26. The van der Waals surface area contributed by atoms with E-state index in [1.165, 1.54) is 10.9 Å². The fraction of sp³-hybridized carbons (Fsp3) is 0.368. The lowest BCUT2D eigenvalue weighted by atomic mass is 10.00. The third kappa shape index (κ3) is 7.18. The van der Waals surface area contributed by atoms with Crippen LogP contribution >= 0.6 is 0 Å². The molecular formula is C38H41N7O6S. The Labute approximate surface area is 302 Å². The van der Waals surface area contributed by atoms with Gasteiger partial charge in [0.05, 0.1) is 29.4 Å². The molecule has 1 amide bonds. The van der Waals surface area contributed by atoms with Crippen LogP contribution in [0, 0.1) is 18.3 Å². The summed E-state index contributed by atoms with van der Waals surface area (Å²) in [7, 11) is -4.04. The van der Waals surface area contributed by atoms with E-state index in [1.807, 2.05) is 25.3 Å². The number of likely N-dealkylation sites (tertiary alicyclic amines) is 1. The molecule has 0 bridgehead atoms. The molecule has 0 saturated carbocycles. The zero-order valence-electron chi connectivity index (χ0n) is 29.2. The van der Waals surface area contributed by atoms with Gasteiger partial charge >= 0.3 is 0 Å². The van der Waals surface area contributed by atoms with Crippen LogP contribution in [0.25, 0.3) is 33.3 Å². The molecule has 2 N–H and O–H groups in total. The van der Waals surface area contributed by atoms with Crippen LogP contribution < -0.4 is 4.74 Å². The van der Waals surface area contributed by atoms with Gasteiger partial charge in [0.25, 0.3) is 15.9 Å². The topological polar surface area (TPSA) is 167 Å². The molecule has 2 saturated heterocycles. The van der Waals surface area contributed by atoms with Gasteiger partial charge in [-0.25, -0.2) is 17.4 Å². The van der Waals surface area contributed by atoms with Crippen LogP contribution in [-0.4, -0.2) is 107 Å². The Hall–Kier alpha value is -5.07. The zero-order chi connectivity index (χ0) is 36.4. The van der Waals surface area contributed by atoms with Crippen LogP contribution in [-0.2, 0) is 26.0 Å². The number of hydrogen-bond acceptors (Lipinski definition) is 10. The first-order chi connectivity index (χ1) is 25.1. The number of pyridine rings is 1. The van der Waals surface area contributed by atoms with Crippen molar-refractivity contribution in [2.24, 2.45) is 0 Å². The number of rotatable bonds is 10. The molecule has 2 aliphatic heterocycles. The summed E-state index contributed by atoms with van der Waals surface area (Å²) in [5.74, 6) is 0.100. The summed E-state index contributed by atoms with van der Waals surface area (Å²) in [4.78, 5) is 21.1. The van der Waals surface area contributed by atoms with E-state index < -0.39 is 16.1 Å². The summed E-state index contributed by atoms with van der Waals surface area (Å²) in [5.41, 5.74) is 5.26. The highest BCUT2D eigenvalue weighted by Gasteiger charge is 2.28. The third-order valence-corrected chi connectivity index (χ3v) is 11.5. The number of aromatic amines is 1. The molecule has 270 valence electrons. The van der Waals surface area contributed by atoms with Crippen LogP contribution in [0.15, 0.2) is 72.0 Å². The van der Waals surface area contributed by atoms with Gasteiger partial charge < -0.3 is 19.5 Å². The maximum Gasteiger partial charge on any atom is 0.269 e.